The van der Waals surface area contributed by atoms with Crippen LogP contribution in [0.4, 0.5) is 0 Å². The molecule has 1 aromatic heterocycles. The third-order valence-electron chi connectivity index (χ3n) is 2.76. The van der Waals surface area contributed by atoms with Crippen LogP contribution < -0.4 is 4.74 Å². The van der Waals surface area contributed by atoms with Crippen LogP contribution in [0.25, 0.3) is 0 Å². The zero-order valence-electron chi connectivity index (χ0n) is 10.3. The van der Waals surface area contributed by atoms with E-state index in [2.05, 4.69) is 18.8 Å². The lowest BCUT2D eigenvalue weighted by Gasteiger charge is -2.17. The van der Waals surface area contributed by atoms with Crippen molar-refractivity contribution in [2.75, 3.05) is 7.11 Å². The molecule has 3 nitrogen and oxygen atoms in total. The van der Waals surface area contributed by atoms with Gasteiger partial charge < -0.3 is 9.84 Å². The summed E-state index contributed by atoms with van der Waals surface area (Å²) in [6.07, 6.45) is 4.24. The summed E-state index contributed by atoms with van der Waals surface area (Å²) < 4.78 is 5.14. The first-order chi connectivity index (χ1) is 7.69. The van der Waals surface area contributed by atoms with Gasteiger partial charge in [0.1, 0.15) is 0 Å². The SMILES string of the molecule is CCCC(C)CC(O)c1cccnc1OC. The van der Waals surface area contributed by atoms with Gasteiger partial charge in [0.2, 0.25) is 5.88 Å². The molecule has 3 heteroatoms. The maximum absolute atomic E-state index is 10.1. The Kier molecular flexibility index (Phi) is 5.26. The summed E-state index contributed by atoms with van der Waals surface area (Å²) in [5.74, 6) is 1.05. The van der Waals surface area contributed by atoms with Crippen molar-refractivity contribution in [3.8, 4) is 5.88 Å². The van der Waals surface area contributed by atoms with Crippen molar-refractivity contribution in [3.05, 3.63) is 23.9 Å². The van der Waals surface area contributed by atoms with Gasteiger partial charge >= 0.3 is 0 Å². The summed E-state index contributed by atoms with van der Waals surface area (Å²) in [7, 11) is 1.58. The number of aliphatic hydroxyl groups excluding tert-OH is 1. The maximum Gasteiger partial charge on any atom is 0.218 e. The number of hydrogen-bond acceptors (Lipinski definition) is 3. The molecule has 0 aliphatic carbocycles. The molecule has 0 aromatic carbocycles. The lowest BCUT2D eigenvalue weighted by atomic mass is 9.95. The Labute approximate surface area is 97.5 Å². The maximum atomic E-state index is 10.1. The van der Waals surface area contributed by atoms with Gasteiger partial charge in [0, 0.05) is 11.8 Å². The van der Waals surface area contributed by atoms with Crippen LogP contribution in [-0.2, 0) is 0 Å². The Bertz CT molecular complexity index is 315. The van der Waals surface area contributed by atoms with Gasteiger partial charge in [-0.3, -0.25) is 0 Å². The number of pyridine rings is 1. The molecule has 1 heterocycles. The fourth-order valence-electron chi connectivity index (χ4n) is 1.95. The van der Waals surface area contributed by atoms with Crippen molar-refractivity contribution in [1.82, 2.24) is 4.98 Å². The number of rotatable bonds is 6. The van der Waals surface area contributed by atoms with Gasteiger partial charge in [-0.15, -0.1) is 0 Å². The summed E-state index contributed by atoms with van der Waals surface area (Å²) in [6, 6.07) is 3.70. The van der Waals surface area contributed by atoms with E-state index in [1.807, 2.05) is 12.1 Å². The van der Waals surface area contributed by atoms with Crippen molar-refractivity contribution < 1.29 is 9.84 Å². The van der Waals surface area contributed by atoms with Crippen LogP contribution in [0.2, 0.25) is 0 Å². The standard InChI is InChI=1S/C13H21NO2/c1-4-6-10(2)9-12(15)11-7-5-8-14-13(11)16-3/h5,7-8,10,12,15H,4,6,9H2,1-3H3. The molecule has 0 bridgehead atoms. The third-order valence-corrected chi connectivity index (χ3v) is 2.76. The van der Waals surface area contributed by atoms with E-state index >= 15 is 0 Å². The number of hydrogen-bond donors (Lipinski definition) is 1. The summed E-state index contributed by atoms with van der Waals surface area (Å²) >= 11 is 0. The van der Waals surface area contributed by atoms with Crippen LogP contribution in [0.15, 0.2) is 18.3 Å². The fourth-order valence-corrected chi connectivity index (χ4v) is 1.95. The van der Waals surface area contributed by atoms with Crippen LogP contribution in [-0.4, -0.2) is 17.2 Å². The number of nitrogens with zero attached hydrogens (tertiary/aromatic N) is 1. The van der Waals surface area contributed by atoms with E-state index in [1.54, 1.807) is 13.3 Å². The molecule has 90 valence electrons. The molecule has 2 unspecified atom stereocenters. The number of aliphatic hydroxyl groups is 1. The van der Waals surface area contributed by atoms with Crippen LogP contribution in [0, 0.1) is 5.92 Å². The quantitative estimate of drug-likeness (QED) is 0.806. The Morgan fingerprint density at radius 3 is 2.88 bits per heavy atom. The van der Waals surface area contributed by atoms with Gasteiger partial charge in [0.05, 0.1) is 13.2 Å². The zero-order valence-corrected chi connectivity index (χ0v) is 10.3. The number of methoxy groups -OCH3 is 1. The molecule has 1 rings (SSSR count). The van der Waals surface area contributed by atoms with E-state index in [0.29, 0.717) is 11.8 Å². The van der Waals surface area contributed by atoms with Crippen LogP contribution in [0.3, 0.4) is 0 Å². The van der Waals surface area contributed by atoms with Crippen LogP contribution >= 0.6 is 0 Å². The van der Waals surface area contributed by atoms with Crippen molar-refractivity contribution in [1.29, 1.82) is 0 Å². The Morgan fingerprint density at radius 2 is 2.25 bits per heavy atom. The largest absolute Gasteiger partial charge is 0.481 e. The van der Waals surface area contributed by atoms with Crippen molar-refractivity contribution in [3.63, 3.8) is 0 Å². The van der Waals surface area contributed by atoms with Gasteiger partial charge in [0.15, 0.2) is 0 Å². The second-order valence-electron chi connectivity index (χ2n) is 4.25. The summed E-state index contributed by atoms with van der Waals surface area (Å²) in [4.78, 5) is 4.09. The fraction of sp³-hybridized carbons (Fsp3) is 0.615. The van der Waals surface area contributed by atoms with Gasteiger partial charge in [-0.2, -0.15) is 0 Å². The minimum atomic E-state index is -0.481. The van der Waals surface area contributed by atoms with E-state index in [0.717, 1.165) is 24.8 Å². The molecule has 2 atom stereocenters. The normalized spacial score (nSPS) is 14.5. The predicted octanol–water partition coefficient (Wildman–Crippen LogP) is 2.95. The van der Waals surface area contributed by atoms with Gasteiger partial charge in [0.25, 0.3) is 0 Å². The Morgan fingerprint density at radius 1 is 1.50 bits per heavy atom. The molecular formula is C13H21NO2. The molecule has 0 spiro atoms. The molecule has 0 fully saturated rings. The highest BCUT2D eigenvalue weighted by molar-refractivity contribution is 5.27. The number of aromatic nitrogens is 1. The Balaban J connectivity index is 2.68. The zero-order chi connectivity index (χ0) is 12.0. The van der Waals surface area contributed by atoms with Gasteiger partial charge in [-0.25, -0.2) is 4.98 Å². The van der Waals surface area contributed by atoms with Crippen molar-refractivity contribution in [2.24, 2.45) is 5.92 Å². The second-order valence-corrected chi connectivity index (χ2v) is 4.25. The molecule has 1 aromatic rings. The van der Waals surface area contributed by atoms with E-state index < -0.39 is 6.10 Å². The van der Waals surface area contributed by atoms with Gasteiger partial charge in [-0.05, 0) is 24.5 Å². The first-order valence-corrected chi connectivity index (χ1v) is 5.86. The molecule has 0 saturated heterocycles. The Hall–Kier alpha value is -1.09. The smallest absolute Gasteiger partial charge is 0.218 e. The average molecular weight is 223 g/mol. The molecule has 16 heavy (non-hydrogen) atoms. The second kappa shape index (κ2) is 6.48. The summed E-state index contributed by atoms with van der Waals surface area (Å²) in [5.41, 5.74) is 0.785. The molecule has 0 amide bonds. The monoisotopic (exact) mass is 223 g/mol. The van der Waals surface area contributed by atoms with Crippen LogP contribution in [0.1, 0.15) is 44.8 Å². The molecule has 1 N–H and O–H groups in total. The van der Waals surface area contributed by atoms with Crippen molar-refractivity contribution >= 4 is 0 Å². The minimum Gasteiger partial charge on any atom is -0.481 e. The highest BCUT2D eigenvalue weighted by Crippen LogP contribution is 2.28. The minimum absolute atomic E-state index is 0.481. The van der Waals surface area contributed by atoms with Crippen LogP contribution in [0.5, 0.6) is 5.88 Å². The molecular weight excluding hydrogens is 202 g/mol. The highest BCUT2D eigenvalue weighted by atomic mass is 16.5. The first kappa shape index (κ1) is 13.0. The molecule has 0 aliphatic heterocycles. The lowest BCUT2D eigenvalue weighted by molar-refractivity contribution is 0.141. The van der Waals surface area contributed by atoms with E-state index in [4.69, 9.17) is 4.74 Å². The summed E-state index contributed by atoms with van der Waals surface area (Å²) in [6.45, 7) is 4.32. The third kappa shape index (κ3) is 3.49. The first-order valence-electron chi connectivity index (χ1n) is 5.86. The average Bonchev–Trinajstić information content (AvgIpc) is 2.29. The van der Waals surface area contributed by atoms with E-state index in [1.165, 1.54) is 0 Å². The predicted molar refractivity (Wildman–Crippen MR) is 64.4 cm³/mol. The number of ether oxygens (including phenoxy) is 1. The van der Waals surface area contributed by atoms with E-state index in [9.17, 15) is 5.11 Å². The molecule has 0 saturated carbocycles. The topological polar surface area (TPSA) is 42.4 Å². The highest BCUT2D eigenvalue weighted by Gasteiger charge is 2.16. The molecule has 0 aliphatic rings. The van der Waals surface area contributed by atoms with Gasteiger partial charge in [-0.1, -0.05) is 26.7 Å². The summed E-state index contributed by atoms with van der Waals surface area (Å²) in [5, 5.41) is 10.1. The lowest BCUT2D eigenvalue weighted by Crippen LogP contribution is -2.06. The molecule has 0 radical (unpaired) electrons. The van der Waals surface area contributed by atoms with Crippen molar-refractivity contribution in [2.45, 2.75) is 39.2 Å². The van der Waals surface area contributed by atoms with E-state index in [-0.39, 0.29) is 0 Å².